The molecule has 0 N–H and O–H groups in total. The molecular formula is C33H44F9NO5. The molecule has 3 aliphatic carbocycles. The number of hydrogen-bond acceptors (Lipinski definition) is 5. The number of carbonyl (C=O) groups excluding carboxylic acids is 1. The summed E-state index contributed by atoms with van der Waals surface area (Å²) in [4.78, 5) is 13.8. The van der Waals surface area contributed by atoms with Crippen molar-refractivity contribution in [2.75, 3.05) is 20.3 Å². The Labute approximate surface area is 274 Å². The van der Waals surface area contributed by atoms with Gasteiger partial charge < -0.3 is 18.9 Å². The maximum absolute atomic E-state index is 13.1. The molecule has 0 heterocycles. The van der Waals surface area contributed by atoms with Gasteiger partial charge in [-0.2, -0.15) is 39.5 Å². The van der Waals surface area contributed by atoms with E-state index in [1.807, 2.05) is 12.1 Å². The van der Waals surface area contributed by atoms with Crippen molar-refractivity contribution in [1.29, 1.82) is 0 Å². The number of rotatable bonds is 9. The summed E-state index contributed by atoms with van der Waals surface area (Å²) in [6.45, 7) is 7.42. The second-order valence-electron chi connectivity index (χ2n) is 14.4. The first kappa shape index (κ1) is 38.4. The first-order chi connectivity index (χ1) is 21.9. The van der Waals surface area contributed by atoms with Gasteiger partial charge in [0.25, 0.3) is 0 Å². The molecular weight excluding hydrogens is 661 g/mol. The molecule has 4 rings (SSSR count). The molecule has 1 amide bonds. The van der Waals surface area contributed by atoms with Gasteiger partial charge in [-0.25, -0.2) is 4.79 Å². The van der Waals surface area contributed by atoms with E-state index in [-0.39, 0.29) is 30.0 Å². The van der Waals surface area contributed by atoms with Crippen molar-refractivity contribution in [3.63, 3.8) is 0 Å². The van der Waals surface area contributed by atoms with E-state index in [1.165, 1.54) is 16.0 Å². The molecule has 0 saturated heterocycles. The number of halogens is 9. The lowest BCUT2D eigenvalue weighted by molar-refractivity contribution is -0.457. The molecule has 0 aliphatic heterocycles. The zero-order valence-corrected chi connectivity index (χ0v) is 27.9. The lowest BCUT2D eigenvalue weighted by atomic mass is 9.55. The molecule has 2 fully saturated rings. The highest BCUT2D eigenvalue weighted by molar-refractivity contribution is 5.68. The van der Waals surface area contributed by atoms with Crippen molar-refractivity contribution in [2.45, 2.75) is 128 Å². The van der Waals surface area contributed by atoms with E-state index in [2.05, 4.69) is 17.7 Å². The summed E-state index contributed by atoms with van der Waals surface area (Å²) in [6.07, 6.45) is -17.5. The summed E-state index contributed by atoms with van der Waals surface area (Å²) < 4.78 is 139. The van der Waals surface area contributed by atoms with E-state index < -0.39 is 55.1 Å². The normalized spacial score (nSPS) is 27.1. The van der Waals surface area contributed by atoms with Gasteiger partial charge in [-0.15, -0.1) is 0 Å². The lowest BCUT2D eigenvalue weighted by Gasteiger charge is -2.50. The predicted molar refractivity (Wildman–Crippen MR) is 156 cm³/mol. The average molecular weight is 706 g/mol. The molecule has 3 aliphatic rings. The van der Waals surface area contributed by atoms with Gasteiger partial charge in [-0.1, -0.05) is 13.0 Å². The zero-order chi connectivity index (χ0) is 36.1. The van der Waals surface area contributed by atoms with Crippen molar-refractivity contribution in [2.24, 2.45) is 17.3 Å². The summed E-state index contributed by atoms with van der Waals surface area (Å²) in [5, 5.41) is 0. The highest BCUT2D eigenvalue weighted by atomic mass is 19.4. The number of nitrogens with zero attached hydrogens (tertiary/aromatic N) is 1. The first-order valence-corrected chi connectivity index (χ1v) is 16.1. The molecule has 0 aromatic heterocycles. The number of hydrogen-bond donors (Lipinski definition) is 0. The highest BCUT2D eigenvalue weighted by Crippen LogP contribution is 2.62. The van der Waals surface area contributed by atoms with E-state index in [0.717, 1.165) is 32.1 Å². The van der Waals surface area contributed by atoms with Crippen LogP contribution in [0.3, 0.4) is 0 Å². The summed E-state index contributed by atoms with van der Waals surface area (Å²) in [6, 6.07) is 5.96. The van der Waals surface area contributed by atoms with E-state index in [1.54, 1.807) is 34.7 Å². The molecule has 274 valence electrons. The molecule has 15 heteroatoms. The van der Waals surface area contributed by atoms with Crippen LogP contribution < -0.4 is 4.74 Å². The van der Waals surface area contributed by atoms with Crippen LogP contribution in [0.25, 0.3) is 0 Å². The second-order valence-corrected chi connectivity index (χ2v) is 14.4. The molecule has 1 aromatic carbocycles. The Balaban J connectivity index is 1.35. The van der Waals surface area contributed by atoms with Gasteiger partial charge in [0.05, 0.1) is 12.7 Å². The number of ether oxygens (including phenoxy) is 4. The Morgan fingerprint density at radius 3 is 2.15 bits per heavy atom. The molecule has 48 heavy (non-hydrogen) atoms. The van der Waals surface area contributed by atoms with Crippen molar-refractivity contribution in [1.82, 2.24) is 4.90 Å². The Kier molecular flexibility index (Phi) is 10.7. The van der Waals surface area contributed by atoms with E-state index in [9.17, 15) is 44.3 Å². The number of alkyl halides is 9. The van der Waals surface area contributed by atoms with Crippen LogP contribution in [0.4, 0.5) is 44.3 Å². The van der Waals surface area contributed by atoms with Crippen molar-refractivity contribution in [3.8, 4) is 5.75 Å². The van der Waals surface area contributed by atoms with Gasteiger partial charge in [0.15, 0.2) is 6.23 Å². The quantitative estimate of drug-likeness (QED) is 0.146. The maximum Gasteiger partial charge on any atom is 0.435 e. The van der Waals surface area contributed by atoms with Crippen molar-refractivity contribution in [3.05, 3.63) is 29.3 Å². The fourth-order valence-electron chi connectivity index (χ4n) is 7.85. The van der Waals surface area contributed by atoms with Gasteiger partial charge in [-0.3, -0.25) is 4.90 Å². The summed E-state index contributed by atoms with van der Waals surface area (Å²) in [5.74, 6) is 1.52. The monoisotopic (exact) mass is 705 g/mol. The van der Waals surface area contributed by atoms with Crippen LogP contribution in [-0.4, -0.2) is 73.3 Å². The molecule has 0 radical (unpaired) electrons. The van der Waals surface area contributed by atoms with E-state index in [4.69, 9.17) is 14.2 Å². The minimum absolute atomic E-state index is 0.261. The van der Waals surface area contributed by atoms with Crippen LogP contribution in [0.15, 0.2) is 18.2 Å². The number of benzene rings is 1. The molecule has 0 bridgehead atoms. The minimum Gasteiger partial charge on any atom is -0.471 e. The summed E-state index contributed by atoms with van der Waals surface area (Å²) in [5.41, 5.74) is -4.80. The van der Waals surface area contributed by atoms with Crippen LogP contribution in [0.2, 0.25) is 0 Å². The zero-order valence-electron chi connectivity index (χ0n) is 27.9. The van der Waals surface area contributed by atoms with Crippen molar-refractivity contribution < 1.29 is 63.3 Å². The third-order valence-corrected chi connectivity index (χ3v) is 10.3. The number of aryl methyl sites for hydroxylation is 1. The summed E-state index contributed by atoms with van der Waals surface area (Å²) >= 11 is 0. The summed E-state index contributed by atoms with van der Waals surface area (Å²) in [7, 11) is 1.60. The van der Waals surface area contributed by atoms with Crippen molar-refractivity contribution >= 4 is 6.09 Å². The largest absolute Gasteiger partial charge is 0.471 e. The Bertz CT molecular complexity index is 1260. The SMILES string of the molecule is CC(Oc1ccc2c(c1)CC[C@@H]1[C@@H]2CC[C@]2(C)[C@@H](OCCCOC(C(F)(F)F)(C(F)(F)F)C(F)(F)F)CC[C@@H]12)N(C)C(=O)OC(C)(C)C. The number of carbonyl (C=O) groups is 1. The minimum atomic E-state index is -6.75. The fourth-order valence-corrected chi connectivity index (χ4v) is 7.85. The van der Waals surface area contributed by atoms with Crippen LogP contribution in [-0.2, 0) is 20.6 Å². The maximum atomic E-state index is 13.1. The van der Waals surface area contributed by atoms with Crippen LogP contribution >= 0.6 is 0 Å². The second kappa shape index (κ2) is 13.4. The van der Waals surface area contributed by atoms with Crippen LogP contribution in [0.1, 0.15) is 90.2 Å². The molecule has 6 nitrogen and oxygen atoms in total. The molecule has 1 aromatic rings. The van der Waals surface area contributed by atoms with Gasteiger partial charge in [0.2, 0.25) is 0 Å². The number of fused-ring (bicyclic) bond motifs is 5. The first-order valence-electron chi connectivity index (χ1n) is 16.1. The average Bonchev–Trinajstić information content (AvgIpc) is 3.27. The fraction of sp³-hybridized carbons (Fsp3) is 0.788. The third-order valence-electron chi connectivity index (χ3n) is 10.3. The Hall–Kier alpha value is -2.42. The topological polar surface area (TPSA) is 57.2 Å². The van der Waals surface area contributed by atoms with Crippen LogP contribution in [0, 0.1) is 17.3 Å². The molecule has 2 saturated carbocycles. The molecule has 6 atom stereocenters. The van der Waals surface area contributed by atoms with E-state index in [0.29, 0.717) is 18.1 Å². The number of amides is 1. The molecule has 0 spiro atoms. The van der Waals surface area contributed by atoms with Gasteiger partial charge in [-0.05, 0) is 119 Å². The van der Waals surface area contributed by atoms with E-state index >= 15 is 0 Å². The smallest absolute Gasteiger partial charge is 0.435 e. The Morgan fingerprint density at radius 1 is 0.938 bits per heavy atom. The van der Waals surface area contributed by atoms with Gasteiger partial charge >= 0.3 is 30.2 Å². The third kappa shape index (κ3) is 7.36. The molecule has 1 unspecified atom stereocenters. The van der Waals surface area contributed by atoms with Gasteiger partial charge in [0, 0.05) is 13.7 Å². The standard InChI is InChI=1S/C33H44F9NO5/c1-19(43(6)27(44)48-28(2,3)4)47-21-9-11-22-20(18-21)8-10-24-23(22)14-15-29(5)25(24)12-13-26(29)45-16-7-17-46-30(31(34,35)36,32(37,38)39)33(40,41)42/h9,11,18-19,23-26H,7-8,10,12-17H2,1-6H3/t19?,23-,24-,25+,26+,29+/m1/s1. The lowest BCUT2D eigenvalue weighted by Crippen LogP contribution is -2.67. The predicted octanol–water partition coefficient (Wildman–Crippen LogP) is 9.35. The Morgan fingerprint density at radius 2 is 1.56 bits per heavy atom. The van der Waals surface area contributed by atoms with Gasteiger partial charge in [0.1, 0.15) is 11.4 Å². The highest BCUT2D eigenvalue weighted by Gasteiger charge is 2.85. The van der Waals surface area contributed by atoms with Crippen LogP contribution in [0.5, 0.6) is 5.75 Å².